The third kappa shape index (κ3) is 4.55. The van der Waals surface area contributed by atoms with Crippen LogP contribution in [-0.4, -0.2) is 56.4 Å². The molecule has 1 aliphatic heterocycles. The number of ether oxygens (including phenoxy) is 2. The molecule has 2 unspecified atom stereocenters. The van der Waals surface area contributed by atoms with Gasteiger partial charge in [-0.2, -0.15) is 0 Å². The molecule has 0 saturated carbocycles. The van der Waals surface area contributed by atoms with Gasteiger partial charge in [0.2, 0.25) is 5.91 Å². The summed E-state index contributed by atoms with van der Waals surface area (Å²) in [6.07, 6.45) is 1.16. The zero-order valence-corrected chi connectivity index (χ0v) is 11.7. The molecule has 1 saturated heterocycles. The van der Waals surface area contributed by atoms with E-state index in [1.54, 1.807) is 7.11 Å². The fraction of sp³-hybridized carbons (Fsp3) is 0.923. The van der Waals surface area contributed by atoms with Crippen LogP contribution in [0.3, 0.4) is 0 Å². The predicted molar refractivity (Wildman–Crippen MR) is 70.2 cm³/mol. The first-order valence-corrected chi connectivity index (χ1v) is 6.68. The Kier molecular flexibility index (Phi) is 6.60. The third-order valence-electron chi connectivity index (χ3n) is 3.29. The minimum absolute atomic E-state index is 0.126. The number of rotatable bonds is 6. The van der Waals surface area contributed by atoms with Crippen LogP contribution in [0.2, 0.25) is 0 Å². The first-order chi connectivity index (χ1) is 8.58. The van der Waals surface area contributed by atoms with Crippen molar-refractivity contribution in [1.82, 2.24) is 4.90 Å². The molecule has 0 spiro atoms. The number of hydrogen-bond acceptors (Lipinski definition) is 4. The van der Waals surface area contributed by atoms with Crippen LogP contribution in [0.1, 0.15) is 26.7 Å². The molecule has 0 aromatic carbocycles. The number of carbonyl (C=O) groups is 1. The summed E-state index contributed by atoms with van der Waals surface area (Å²) in [5, 5.41) is 0. The summed E-state index contributed by atoms with van der Waals surface area (Å²) >= 11 is 0. The normalized spacial score (nSPS) is 22.3. The quantitative estimate of drug-likeness (QED) is 0.758. The van der Waals surface area contributed by atoms with E-state index < -0.39 is 0 Å². The summed E-state index contributed by atoms with van der Waals surface area (Å²) in [7, 11) is 1.59. The Morgan fingerprint density at radius 1 is 1.56 bits per heavy atom. The van der Waals surface area contributed by atoms with E-state index in [1.807, 2.05) is 4.90 Å². The van der Waals surface area contributed by atoms with Crippen LogP contribution in [0.15, 0.2) is 0 Å². The Hall–Kier alpha value is -0.650. The van der Waals surface area contributed by atoms with Crippen LogP contribution in [0.25, 0.3) is 0 Å². The van der Waals surface area contributed by atoms with E-state index >= 15 is 0 Å². The zero-order chi connectivity index (χ0) is 13.5. The van der Waals surface area contributed by atoms with E-state index in [0.717, 1.165) is 6.42 Å². The highest BCUT2D eigenvalue weighted by Crippen LogP contribution is 2.17. The second-order valence-electron chi connectivity index (χ2n) is 5.24. The Balaban J connectivity index is 2.56. The van der Waals surface area contributed by atoms with Gasteiger partial charge in [0.1, 0.15) is 0 Å². The van der Waals surface area contributed by atoms with Crippen molar-refractivity contribution in [2.45, 2.75) is 38.8 Å². The third-order valence-corrected chi connectivity index (χ3v) is 3.29. The topological polar surface area (TPSA) is 64.8 Å². The van der Waals surface area contributed by atoms with Crippen LogP contribution in [-0.2, 0) is 14.3 Å². The first kappa shape index (κ1) is 15.4. The van der Waals surface area contributed by atoms with Crippen LogP contribution < -0.4 is 5.73 Å². The molecule has 1 fully saturated rings. The van der Waals surface area contributed by atoms with Crippen molar-refractivity contribution in [1.29, 1.82) is 0 Å². The second kappa shape index (κ2) is 7.71. The second-order valence-corrected chi connectivity index (χ2v) is 5.24. The van der Waals surface area contributed by atoms with Gasteiger partial charge in [0.05, 0.1) is 31.8 Å². The molecule has 1 amide bonds. The molecular weight excluding hydrogens is 232 g/mol. The summed E-state index contributed by atoms with van der Waals surface area (Å²) in [5.41, 5.74) is 5.56. The summed E-state index contributed by atoms with van der Waals surface area (Å²) < 4.78 is 10.6. The standard InChI is InChI=1S/C13H26N2O3/c1-10(2)6-11-9-18-5-4-15(11)13(16)7-12(8-14)17-3/h10-12H,4-9,14H2,1-3H3. The van der Waals surface area contributed by atoms with E-state index in [4.69, 9.17) is 15.2 Å². The van der Waals surface area contributed by atoms with Gasteiger partial charge in [-0.3, -0.25) is 4.79 Å². The lowest BCUT2D eigenvalue weighted by Crippen LogP contribution is -2.50. The molecule has 5 nitrogen and oxygen atoms in total. The molecule has 18 heavy (non-hydrogen) atoms. The lowest BCUT2D eigenvalue weighted by atomic mass is 10.0. The summed E-state index contributed by atoms with van der Waals surface area (Å²) in [4.78, 5) is 14.2. The molecule has 1 aliphatic rings. The first-order valence-electron chi connectivity index (χ1n) is 6.68. The van der Waals surface area contributed by atoms with Gasteiger partial charge >= 0.3 is 0 Å². The molecule has 1 rings (SSSR count). The van der Waals surface area contributed by atoms with Gasteiger partial charge < -0.3 is 20.1 Å². The van der Waals surface area contributed by atoms with Crippen LogP contribution in [0.4, 0.5) is 0 Å². The molecule has 0 aliphatic carbocycles. The van der Waals surface area contributed by atoms with Crippen LogP contribution in [0, 0.1) is 5.92 Å². The molecule has 106 valence electrons. The number of hydrogen-bond donors (Lipinski definition) is 1. The SMILES string of the molecule is COC(CN)CC(=O)N1CCOCC1CC(C)C. The highest BCUT2D eigenvalue weighted by atomic mass is 16.5. The predicted octanol–water partition coefficient (Wildman–Crippen LogP) is 0.624. The Morgan fingerprint density at radius 3 is 2.83 bits per heavy atom. The van der Waals surface area contributed by atoms with Crippen molar-refractivity contribution in [3.05, 3.63) is 0 Å². The average molecular weight is 258 g/mol. The van der Waals surface area contributed by atoms with Gasteiger partial charge in [0, 0.05) is 20.2 Å². The van der Waals surface area contributed by atoms with E-state index in [9.17, 15) is 4.79 Å². The Bertz CT molecular complexity index is 255. The summed E-state index contributed by atoms with van der Waals surface area (Å²) in [5.74, 6) is 0.681. The minimum Gasteiger partial charge on any atom is -0.380 e. The summed E-state index contributed by atoms with van der Waals surface area (Å²) in [6.45, 7) is 6.65. The molecule has 1 heterocycles. The lowest BCUT2D eigenvalue weighted by molar-refractivity contribution is -0.142. The molecule has 0 aromatic rings. The maximum absolute atomic E-state index is 12.3. The van der Waals surface area contributed by atoms with E-state index in [0.29, 0.717) is 38.6 Å². The van der Waals surface area contributed by atoms with E-state index in [2.05, 4.69) is 13.8 Å². The van der Waals surface area contributed by atoms with Gasteiger partial charge in [-0.05, 0) is 12.3 Å². The van der Waals surface area contributed by atoms with Gasteiger partial charge in [0.25, 0.3) is 0 Å². The van der Waals surface area contributed by atoms with Crippen molar-refractivity contribution < 1.29 is 14.3 Å². The van der Waals surface area contributed by atoms with Gasteiger partial charge in [-0.15, -0.1) is 0 Å². The largest absolute Gasteiger partial charge is 0.380 e. The highest BCUT2D eigenvalue weighted by molar-refractivity contribution is 5.77. The Labute approximate surface area is 110 Å². The number of nitrogens with two attached hydrogens (primary N) is 1. The van der Waals surface area contributed by atoms with E-state index in [-0.39, 0.29) is 18.1 Å². The van der Waals surface area contributed by atoms with Crippen molar-refractivity contribution in [3.63, 3.8) is 0 Å². The molecule has 2 N–H and O–H groups in total. The van der Waals surface area contributed by atoms with Crippen molar-refractivity contribution >= 4 is 5.91 Å². The molecule has 5 heteroatoms. The average Bonchev–Trinajstić information content (AvgIpc) is 2.35. The number of carbonyl (C=O) groups excluding carboxylic acids is 1. The van der Waals surface area contributed by atoms with Crippen molar-refractivity contribution in [2.75, 3.05) is 33.4 Å². The molecule has 0 bridgehead atoms. The number of nitrogens with zero attached hydrogens (tertiary/aromatic N) is 1. The smallest absolute Gasteiger partial charge is 0.225 e. The minimum atomic E-state index is -0.181. The fourth-order valence-corrected chi connectivity index (χ4v) is 2.30. The highest BCUT2D eigenvalue weighted by Gasteiger charge is 2.28. The van der Waals surface area contributed by atoms with Crippen molar-refractivity contribution in [2.24, 2.45) is 11.7 Å². The number of morpholine rings is 1. The summed E-state index contributed by atoms with van der Waals surface area (Å²) in [6, 6.07) is 0.196. The molecular formula is C13H26N2O3. The van der Waals surface area contributed by atoms with Crippen LogP contribution in [0.5, 0.6) is 0 Å². The monoisotopic (exact) mass is 258 g/mol. The fourth-order valence-electron chi connectivity index (χ4n) is 2.30. The molecule has 2 atom stereocenters. The van der Waals surface area contributed by atoms with Gasteiger partial charge in [-0.25, -0.2) is 0 Å². The maximum Gasteiger partial charge on any atom is 0.225 e. The molecule has 0 aromatic heterocycles. The molecule has 0 radical (unpaired) electrons. The zero-order valence-electron chi connectivity index (χ0n) is 11.7. The number of amides is 1. The Morgan fingerprint density at radius 2 is 2.28 bits per heavy atom. The van der Waals surface area contributed by atoms with Crippen LogP contribution >= 0.6 is 0 Å². The number of methoxy groups -OCH3 is 1. The van der Waals surface area contributed by atoms with E-state index in [1.165, 1.54) is 0 Å². The van der Waals surface area contributed by atoms with Gasteiger partial charge in [-0.1, -0.05) is 13.8 Å². The maximum atomic E-state index is 12.3. The van der Waals surface area contributed by atoms with Gasteiger partial charge in [0.15, 0.2) is 0 Å². The van der Waals surface area contributed by atoms with Crippen molar-refractivity contribution in [3.8, 4) is 0 Å². The lowest BCUT2D eigenvalue weighted by Gasteiger charge is -2.37.